The van der Waals surface area contributed by atoms with Gasteiger partial charge in [0.2, 0.25) is 5.91 Å². The Hall–Kier alpha value is -3.45. The second-order valence-electron chi connectivity index (χ2n) is 8.88. The maximum absolute atomic E-state index is 13.7. The minimum Gasteiger partial charge on any atom is -0.359 e. The van der Waals surface area contributed by atoms with Crippen LogP contribution in [0.5, 0.6) is 0 Å². The van der Waals surface area contributed by atoms with Gasteiger partial charge in [-0.25, -0.2) is 0 Å². The van der Waals surface area contributed by atoms with Gasteiger partial charge in [-0.1, -0.05) is 65.8 Å². The van der Waals surface area contributed by atoms with Crippen molar-refractivity contribution in [3.05, 3.63) is 89.3 Å². The van der Waals surface area contributed by atoms with Crippen LogP contribution in [0.4, 0.5) is 0 Å². The molecule has 170 valence electrons. The molecule has 0 spiro atoms. The zero-order chi connectivity index (χ0) is 22.8. The molecular weight excluding hydrogens is 416 g/mol. The monoisotopic (exact) mass is 444 g/mol. The molecule has 2 N–H and O–H groups in total. The summed E-state index contributed by atoms with van der Waals surface area (Å²) in [5.41, 5.74) is 8.21. The van der Waals surface area contributed by atoms with E-state index in [9.17, 15) is 9.59 Å². The van der Waals surface area contributed by atoms with Gasteiger partial charge in [-0.05, 0) is 24.0 Å². The summed E-state index contributed by atoms with van der Waals surface area (Å²) in [5, 5.41) is 3.90. The number of rotatable bonds is 5. The molecule has 7 nitrogen and oxygen atoms in total. The minimum atomic E-state index is -0.518. The normalized spacial score (nSPS) is 22.6. The molecular formula is C26H28N4O3. The maximum Gasteiger partial charge on any atom is 0.276 e. The largest absolute Gasteiger partial charge is 0.359 e. The summed E-state index contributed by atoms with van der Waals surface area (Å²) in [5.74, 6) is 0.604. The fourth-order valence-corrected chi connectivity index (χ4v) is 5.09. The van der Waals surface area contributed by atoms with Crippen molar-refractivity contribution in [2.45, 2.75) is 37.3 Å². The fourth-order valence-electron chi connectivity index (χ4n) is 5.09. The van der Waals surface area contributed by atoms with Crippen molar-refractivity contribution in [1.29, 1.82) is 0 Å². The van der Waals surface area contributed by atoms with Crippen molar-refractivity contribution in [2.75, 3.05) is 19.6 Å². The molecule has 0 unspecified atom stereocenters. The van der Waals surface area contributed by atoms with Crippen LogP contribution in [0.2, 0.25) is 0 Å². The third kappa shape index (κ3) is 4.28. The van der Waals surface area contributed by atoms with E-state index in [0.29, 0.717) is 37.7 Å². The molecule has 3 heterocycles. The van der Waals surface area contributed by atoms with Gasteiger partial charge >= 0.3 is 0 Å². The van der Waals surface area contributed by atoms with Gasteiger partial charge in [0.05, 0.1) is 6.54 Å². The lowest BCUT2D eigenvalue weighted by molar-refractivity contribution is -0.134. The molecule has 3 atom stereocenters. The summed E-state index contributed by atoms with van der Waals surface area (Å²) < 4.78 is 5.15. The first-order valence-electron chi connectivity index (χ1n) is 11.5. The molecule has 2 aliphatic heterocycles. The molecule has 7 heteroatoms. The van der Waals surface area contributed by atoms with Crippen LogP contribution in [0.1, 0.15) is 52.1 Å². The summed E-state index contributed by atoms with van der Waals surface area (Å²) in [7, 11) is 0. The van der Waals surface area contributed by atoms with E-state index in [0.717, 1.165) is 12.0 Å². The quantitative estimate of drug-likeness (QED) is 0.653. The topological polar surface area (TPSA) is 92.7 Å². The van der Waals surface area contributed by atoms with E-state index in [1.165, 1.54) is 5.56 Å². The van der Waals surface area contributed by atoms with Gasteiger partial charge in [-0.2, -0.15) is 0 Å². The third-order valence-electron chi connectivity index (χ3n) is 6.87. The number of nitrogens with two attached hydrogens (primary N) is 1. The van der Waals surface area contributed by atoms with Crippen LogP contribution in [0.15, 0.2) is 71.3 Å². The van der Waals surface area contributed by atoms with Crippen LogP contribution >= 0.6 is 0 Å². The third-order valence-corrected chi connectivity index (χ3v) is 6.87. The van der Waals surface area contributed by atoms with Crippen molar-refractivity contribution in [3.8, 4) is 0 Å². The molecule has 2 amide bonds. The van der Waals surface area contributed by atoms with E-state index in [1.54, 1.807) is 11.0 Å². The van der Waals surface area contributed by atoms with E-state index < -0.39 is 6.04 Å². The van der Waals surface area contributed by atoms with Crippen LogP contribution in [0, 0.1) is 0 Å². The van der Waals surface area contributed by atoms with E-state index in [-0.39, 0.29) is 30.0 Å². The zero-order valence-electron chi connectivity index (χ0n) is 18.5. The van der Waals surface area contributed by atoms with Gasteiger partial charge in [-0.15, -0.1) is 0 Å². The van der Waals surface area contributed by atoms with Crippen LogP contribution in [-0.2, 0) is 11.3 Å². The molecule has 2 aliphatic rings. The van der Waals surface area contributed by atoms with Gasteiger partial charge in [0.25, 0.3) is 5.91 Å². The van der Waals surface area contributed by atoms with Crippen LogP contribution < -0.4 is 5.73 Å². The highest BCUT2D eigenvalue weighted by Gasteiger charge is 2.44. The van der Waals surface area contributed by atoms with E-state index in [2.05, 4.69) is 29.4 Å². The summed E-state index contributed by atoms with van der Waals surface area (Å²) in [6.07, 6.45) is 1.53. The highest BCUT2D eigenvalue weighted by atomic mass is 16.5. The SMILES string of the molecule is NCc1cc(C(=O)N2C[C@@H](c3ccccc3)C[C@H]2C(=O)N2CC[C@H](c3ccccc3)C2)no1. The number of amides is 2. The van der Waals surface area contributed by atoms with E-state index in [4.69, 9.17) is 10.3 Å². The first-order valence-corrected chi connectivity index (χ1v) is 11.5. The molecule has 0 saturated carbocycles. The number of carbonyl (C=O) groups is 2. The Labute approximate surface area is 193 Å². The van der Waals surface area contributed by atoms with Crippen LogP contribution in [-0.4, -0.2) is 52.4 Å². The van der Waals surface area contributed by atoms with Gasteiger partial charge in [-0.3, -0.25) is 9.59 Å². The lowest BCUT2D eigenvalue weighted by atomic mass is 9.96. The average molecular weight is 445 g/mol. The molecule has 3 aromatic rings. The molecule has 0 bridgehead atoms. The van der Waals surface area contributed by atoms with Crippen molar-refractivity contribution < 1.29 is 14.1 Å². The number of benzene rings is 2. The Morgan fingerprint density at radius 2 is 1.64 bits per heavy atom. The van der Waals surface area contributed by atoms with Gasteiger partial charge in [0.15, 0.2) is 11.5 Å². The predicted octanol–water partition coefficient (Wildman–Crippen LogP) is 3.15. The summed E-state index contributed by atoms with van der Waals surface area (Å²) >= 11 is 0. The Kier molecular flexibility index (Phi) is 5.96. The second kappa shape index (κ2) is 9.19. The molecule has 0 radical (unpaired) electrons. The number of aromatic nitrogens is 1. The fraction of sp³-hybridized carbons (Fsp3) is 0.346. The molecule has 1 aromatic heterocycles. The lowest BCUT2D eigenvalue weighted by Gasteiger charge is -2.27. The molecule has 33 heavy (non-hydrogen) atoms. The van der Waals surface area contributed by atoms with Crippen LogP contribution in [0.25, 0.3) is 0 Å². The van der Waals surface area contributed by atoms with E-state index in [1.807, 2.05) is 41.3 Å². The van der Waals surface area contributed by atoms with Gasteiger partial charge in [0, 0.05) is 37.5 Å². The van der Waals surface area contributed by atoms with Crippen molar-refractivity contribution in [1.82, 2.24) is 15.0 Å². The standard InChI is InChI=1S/C26H28N4O3/c27-15-22-14-23(28-33-22)25(31)30-17-21(19-9-5-2-6-10-19)13-24(30)26(32)29-12-11-20(16-29)18-7-3-1-4-8-18/h1-10,14,20-21,24H,11-13,15-17,27H2/t20-,21-,24-/m0/s1. The number of carbonyl (C=O) groups excluding carboxylic acids is 2. The van der Waals surface area contributed by atoms with Crippen LogP contribution in [0.3, 0.4) is 0 Å². The zero-order valence-corrected chi connectivity index (χ0v) is 18.5. The molecule has 2 aromatic carbocycles. The highest BCUT2D eigenvalue weighted by molar-refractivity contribution is 5.96. The minimum absolute atomic E-state index is 0.0164. The molecule has 2 fully saturated rings. The first-order chi connectivity index (χ1) is 16.1. The molecule has 2 saturated heterocycles. The number of hydrogen-bond donors (Lipinski definition) is 1. The molecule has 0 aliphatic carbocycles. The Morgan fingerprint density at radius 1 is 0.970 bits per heavy atom. The van der Waals surface area contributed by atoms with Gasteiger partial charge < -0.3 is 20.1 Å². The Bertz CT molecular complexity index is 1110. The summed E-state index contributed by atoms with van der Waals surface area (Å²) in [6.45, 7) is 2.02. The first kappa shape index (κ1) is 21.4. The highest BCUT2D eigenvalue weighted by Crippen LogP contribution is 2.35. The van der Waals surface area contributed by atoms with Gasteiger partial charge in [0.1, 0.15) is 6.04 Å². The second-order valence-corrected chi connectivity index (χ2v) is 8.88. The van der Waals surface area contributed by atoms with E-state index >= 15 is 0 Å². The summed E-state index contributed by atoms with van der Waals surface area (Å²) in [4.78, 5) is 30.6. The Morgan fingerprint density at radius 3 is 2.27 bits per heavy atom. The van der Waals surface area contributed by atoms with Crippen molar-refractivity contribution in [3.63, 3.8) is 0 Å². The smallest absolute Gasteiger partial charge is 0.276 e. The number of likely N-dealkylation sites (tertiary alicyclic amines) is 2. The predicted molar refractivity (Wildman–Crippen MR) is 123 cm³/mol. The van der Waals surface area contributed by atoms with Crippen molar-refractivity contribution >= 4 is 11.8 Å². The molecule has 5 rings (SSSR count). The maximum atomic E-state index is 13.7. The number of hydrogen-bond acceptors (Lipinski definition) is 5. The van der Waals surface area contributed by atoms with Crippen molar-refractivity contribution in [2.24, 2.45) is 5.73 Å². The Balaban J connectivity index is 1.37. The lowest BCUT2D eigenvalue weighted by Crippen LogP contribution is -2.47. The average Bonchev–Trinajstić information content (AvgIpc) is 3.64. The summed E-state index contributed by atoms with van der Waals surface area (Å²) in [6, 6.07) is 21.5. The number of nitrogens with zero attached hydrogens (tertiary/aromatic N) is 3.